The first kappa shape index (κ1) is 10.9. The van der Waals surface area contributed by atoms with Gasteiger partial charge in [-0.25, -0.2) is 0 Å². The Kier molecular flexibility index (Phi) is 3.36. The predicted octanol–water partition coefficient (Wildman–Crippen LogP) is 1.36. The maximum absolute atomic E-state index is 5.00. The summed E-state index contributed by atoms with van der Waals surface area (Å²) < 4.78 is 6.90. The zero-order chi connectivity index (χ0) is 11.4. The van der Waals surface area contributed by atoms with Crippen molar-refractivity contribution in [3.05, 3.63) is 36.0 Å². The van der Waals surface area contributed by atoms with E-state index >= 15 is 0 Å². The van der Waals surface area contributed by atoms with E-state index in [0.717, 1.165) is 24.5 Å². The lowest BCUT2D eigenvalue weighted by Gasteiger charge is -2.12. The van der Waals surface area contributed by atoms with Crippen LogP contribution in [0.2, 0.25) is 0 Å². The first-order valence-corrected chi connectivity index (χ1v) is 5.37. The Morgan fingerprint density at radius 3 is 3.06 bits per heavy atom. The molecule has 0 saturated carbocycles. The molecule has 86 valence electrons. The predicted molar refractivity (Wildman–Crippen MR) is 59.8 cm³/mol. The van der Waals surface area contributed by atoms with Gasteiger partial charge in [-0.2, -0.15) is 5.10 Å². The standard InChI is InChI=1S/C11H16N4O/c1-9(8-15-5-3-4-13-15)12-7-11-6-10(2)16-14-11/h3-6,9,12H,7-8H2,1-2H3/t9-/m1/s1. The van der Waals surface area contributed by atoms with Gasteiger partial charge in [0.2, 0.25) is 0 Å². The third-order valence-corrected chi connectivity index (χ3v) is 2.33. The molecule has 2 aromatic heterocycles. The van der Waals surface area contributed by atoms with Crippen molar-refractivity contribution >= 4 is 0 Å². The van der Waals surface area contributed by atoms with Crippen LogP contribution < -0.4 is 5.32 Å². The van der Waals surface area contributed by atoms with E-state index in [9.17, 15) is 0 Å². The normalized spacial score (nSPS) is 12.9. The average Bonchev–Trinajstić information content (AvgIpc) is 2.87. The number of hydrogen-bond acceptors (Lipinski definition) is 4. The Bertz CT molecular complexity index is 421. The number of nitrogens with one attached hydrogen (secondary N) is 1. The van der Waals surface area contributed by atoms with Crippen molar-refractivity contribution in [3.8, 4) is 0 Å². The molecule has 0 fully saturated rings. The Morgan fingerprint density at radius 1 is 1.56 bits per heavy atom. The highest BCUT2D eigenvalue weighted by atomic mass is 16.5. The van der Waals surface area contributed by atoms with Crippen molar-refractivity contribution in [1.82, 2.24) is 20.3 Å². The summed E-state index contributed by atoms with van der Waals surface area (Å²) in [6, 6.07) is 4.21. The molecule has 5 nitrogen and oxygen atoms in total. The molecule has 1 atom stereocenters. The Balaban J connectivity index is 1.77. The summed E-state index contributed by atoms with van der Waals surface area (Å²) in [6.45, 7) is 5.59. The van der Waals surface area contributed by atoms with Gasteiger partial charge in [-0.3, -0.25) is 4.68 Å². The minimum absolute atomic E-state index is 0.344. The van der Waals surface area contributed by atoms with Gasteiger partial charge in [-0.1, -0.05) is 5.16 Å². The van der Waals surface area contributed by atoms with Gasteiger partial charge in [0, 0.05) is 31.0 Å². The van der Waals surface area contributed by atoms with Crippen molar-refractivity contribution < 1.29 is 4.52 Å². The van der Waals surface area contributed by atoms with E-state index in [4.69, 9.17) is 4.52 Å². The van der Waals surface area contributed by atoms with Gasteiger partial charge in [0.1, 0.15) is 5.76 Å². The number of hydrogen-bond donors (Lipinski definition) is 1. The van der Waals surface area contributed by atoms with Crippen molar-refractivity contribution in [1.29, 1.82) is 0 Å². The lowest BCUT2D eigenvalue weighted by Crippen LogP contribution is -2.30. The van der Waals surface area contributed by atoms with E-state index in [1.54, 1.807) is 6.20 Å². The van der Waals surface area contributed by atoms with Gasteiger partial charge in [-0.15, -0.1) is 0 Å². The van der Waals surface area contributed by atoms with Crippen molar-refractivity contribution in [2.45, 2.75) is 33.0 Å². The lowest BCUT2D eigenvalue weighted by molar-refractivity contribution is 0.382. The summed E-state index contributed by atoms with van der Waals surface area (Å²) >= 11 is 0. The van der Waals surface area contributed by atoms with E-state index in [0.29, 0.717) is 6.04 Å². The van der Waals surface area contributed by atoms with E-state index in [-0.39, 0.29) is 0 Å². The van der Waals surface area contributed by atoms with Crippen molar-refractivity contribution in [3.63, 3.8) is 0 Å². The molecule has 0 bridgehead atoms. The molecule has 2 heterocycles. The van der Waals surface area contributed by atoms with Crippen molar-refractivity contribution in [2.75, 3.05) is 0 Å². The Morgan fingerprint density at radius 2 is 2.44 bits per heavy atom. The molecule has 0 aliphatic heterocycles. The van der Waals surface area contributed by atoms with Crippen LogP contribution >= 0.6 is 0 Å². The molecular weight excluding hydrogens is 204 g/mol. The molecule has 0 unspecified atom stereocenters. The molecule has 5 heteroatoms. The van der Waals surface area contributed by atoms with E-state index in [1.807, 2.05) is 29.9 Å². The fraction of sp³-hybridized carbons (Fsp3) is 0.455. The minimum Gasteiger partial charge on any atom is -0.361 e. The van der Waals surface area contributed by atoms with Gasteiger partial charge in [0.15, 0.2) is 0 Å². The van der Waals surface area contributed by atoms with Crippen LogP contribution in [0.15, 0.2) is 29.0 Å². The highest BCUT2D eigenvalue weighted by Gasteiger charge is 2.05. The molecule has 0 amide bonds. The molecule has 0 aliphatic rings. The van der Waals surface area contributed by atoms with Crippen LogP contribution in [-0.4, -0.2) is 21.0 Å². The summed E-state index contributed by atoms with van der Waals surface area (Å²) in [6.07, 6.45) is 3.74. The number of rotatable bonds is 5. The van der Waals surface area contributed by atoms with Crippen molar-refractivity contribution in [2.24, 2.45) is 0 Å². The minimum atomic E-state index is 0.344. The summed E-state index contributed by atoms with van der Waals surface area (Å²) in [5, 5.41) is 11.4. The zero-order valence-electron chi connectivity index (χ0n) is 9.55. The second-order valence-electron chi connectivity index (χ2n) is 3.94. The zero-order valence-corrected chi connectivity index (χ0v) is 9.55. The summed E-state index contributed by atoms with van der Waals surface area (Å²) in [4.78, 5) is 0. The summed E-state index contributed by atoms with van der Waals surface area (Å²) in [5.74, 6) is 0.844. The van der Waals surface area contributed by atoms with Gasteiger partial charge in [0.05, 0.1) is 12.2 Å². The van der Waals surface area contributed by atoms with Crippen LogP contribution in [0, 0.1) is 6.92 Å². The molecule has 2 aromatic rings. The fourth-order valence-corrected chi connectivity index (χ4v) is 1.53. The number of aromatic nitrogens is 3. The topological polar surface area (TPSA) is 55.9 Å². The fourth-order valence-electron chi connectivity index (χ4n) is 1.53. The molecule has 16 heavy (non-hydrogen) atoms. The van der Waals surface area contributed by atoms with Crippen LogP contribution in [0.4, 0.5) is 0 Å². The third kappa shape index (κ3) is 2.93. The van der Waals surface area contributed by atoms with Gasteiger partial charge >= 0.3 is 0 Å². The second-order valence-corrected chi connectivity index (χ2v) is 3.94. The molecule has 1 N–H and O–H groups in total. The second kappa shape index (κ2) is 4.94. The van der Waals surface area contributed by atoms with Crippen LogP contribution in [0.5, 0.6) is 0 Å². The largest absolute Gasteiger partial charge is 0.361 e. The van der Waals surface area contributed by atoms with Crippen LogP contribution in [0.1, 0.15) is 18.4 Å². The van der Waals surface area contributed by atoms with Gasteiger partial charge in [0.25, 0.3) is 0 Å². The molecule has 2 rings (SSSR count). The highest BCUT2D eigenvalue weighted by Crippen LogP contribution is 2.01. The monoisotopic (exact) mass is 220 g/mol. The molecule has 0 saturated heterocycles. The molecule has 0 aliphatic carbocycles. The summed E-state index contributed by atoms with van der Waals surface area (Å²) in [5.41, 5.74) is 0.935. The number of nitrogens with zero attached hydrogens (tertiary/aromatic N) is 3. The van der Waals surface area contributed by atoms with Gasteiger partial charge in [-0.05, 0) is 19.9 Å². The highest BCUT2D eigenvalue weighted by molar-refractivity contribution is 5.03. The maximum Gasteiger partial charge on any atom is 0.133 e. The third-order valence-electron chi connectivity index (χ3n) is 2.33. The van der Waals surface area contributed by atoms with Crippen LogP contribution in [-0.2, 0) is 13.1 Å². The molecule has 0 radical (unpaired) electrons. The van der Waals surface area contributed by atoms with E-state index < -0.39 is 0 Å². The number of aryl methyl sites for hydroxylation is 1. The van der Waals surface area contributed by atoms with E-state index in [1.165, 1.54) is 0 Å². The summed E-state index contributed by atoms with van der Waals surface area (Å²) in [7, 11) is 0. The van der Waals surface area contributed by atoms with Crippen LogP contribution in [0.25, 0.3) is 0 Å². The smallest absolute Gasteiger partial charge is 0.133 e. The quantitative estimate of drug-likeness (QED) is 0.826. The Hall–Kier alpha value is -1.62. The van der Waals surface area contributed by atoms with Crippen LogP contribution in [0.3, 0.4) is 0 Å². The first-order valence-electron chi connectivity index (χ1n) is 5.37. The maximum atomic E-state index is 5.00. The SMILES string of the molecule is Cc1cc(CN[C@H](C)Cn2cccn2)no1. The first-order chi connectivity index (χ1) is 7.74. The molecular formula is C11H16N4O. The lowest BCUT2D eigenvalue weighted by atomic mass is 10.3. The molecule has 0 aromatic carbocycles. The van der Waals surface area contributed by atoms with E-state index in [2.05, 4.69) is 22.5 Å². The van der Waals surface area contributed by atoms with Gasteiger partial charge < -0.3 is 9.84 Å². The average molecular weight is 220 g/mol. The molecule has 0 spiro atoms. The Labute approximate surface area is 94.4 Å².